The van der Waals surface area contributed by atoms with E-state index < -0.39 is 24.0 Å². The molecule has 132 valence electrons. The number of carboxylic acids is 1. The summed E-state index contributed by atoms with van der Waals surface area (Å²) in [6.07, 6.45) is 2.31. The molecule has 0 saturated heterocycles. The number of aliphatic carboxylic acids is 1. The normalized spacial score (nSPS) is 13.4. The van der Waals surface area contributed by atoms with Crippen LogP contribution >= 0.6 is 12.4 Å². The minimum absolute atomic E-state index is 0. The third-order valence-corrected chi connectivity index (χ3v) is 3.99. The van der Waals surface area contributed by atoms with Crippen molar-refractivity contribution >= 4 is 35.2 Å². The number of halogens is 1. The van der Waals surface area contributed by atoms with Crippen molar-refractivity contribution in [2.75, 3.05) is 0 Å². The van der Waals surface area contributed by atoms with E-state index in [4.69, 9.17) is 10.8 Å². The van der Waals surface area contributed by atoms with Gasteiger partial charge in [0.1, 0.15) is 6.04 Å². The fourth-order valence-corrected chi connectivity index (χ4v) is 2.69. The van der Waals surface area contributed by atoms with Gasteiger partial charge in [0.25, 0.3) is 0 Å². The summed E-state index contributed by atoms with van der Waals surface area (Å²) in [6.45, 7) is 3.49. The Hall–Kier alpha value is -2.05. The summed E-state index contributed by atoms with van der Waals surface area (Å²) in [4.78, 5) is 23.4. The van der Waals surface area contributed by atoms with E-state index in [-0.39, 0.29) is 18.3 Å². The molecule has 2 atom stereocenters. The molecular weight excluding hydrogens is 330 g/mol. The van der Waals surface area contributed by atoms with E-state index in [0.717, 1.165) is 16.5 Å². The van der Waals surface area contributed by atoms with Crippen LogP contribution in [-0.4, -0.2) is 33.6 Å². The number of nitrogens with one attached hydrogen (secondary N) is 1. The third kappa shape index (κ3) is 4.27. The van der Waals surface area contributed by atoms with Crippen LogP contribution in [0.25, 0.3) is 10.9 Å². The van der Waals surface area contributed by atoms with Crippen LogP contribution in [0.15, 0.2) is 30.5 Å². The van der Waals surface area contributed by atoms with E-state index in [9.17, 15) is 9.59 Å². The van der Waals surface area contributed by atoms with Crippen LogP contribution in [0.3, 0.4) is 0 Å². The average Bonchev–Trinajstić information content (AvgIpc) is 2.80. The molecule has 1 aromatic carbocycles. The zero-order valence-electron chi connectivity index (χ0n) is 14.0. The molecule has 1 heterocycles. The Bertz CT molecular complexity index is 727. The summed E-state index contributed by atoms with van der Waals surface area (Å²) < 4.78 is 1.99. The van der Waals surface area contributed by atoms with Crippen molar-refractivity contribution in [1.82, 2.24) is 9.88 Å². The number of amides is 1. The maximum absolute atomic E-state index is 12.2. The number of aryl methyl sites for hydroxylation is 1. The first kappa shape index (κ1) is 20.0. The lowest BCUT2D eigenvalue weighted by Gasteiger charge is -2.20. The summed E-state index contributed by atoms with van der Waals surface area (Å²) in [5.74, 6) is -1.70. The largest absolute Gasteiger partial charge is 0.480 e. The van der Waals surface area contributed by atoms with Gasteiger partial charge < -0.3 is 20.7 Å². The van der Waals surface area contributed by atoms with E-state index in [1.807, 2.05) is 42.1 Å². The van der Waals surface area contributed by atoms with Gasteiger partial charge in [-0.2, -0.15) is 0 Å². The van der Waals surface area contributed by atoms with Crippen molar-refractivity contribution in [1.29, 1.82) is 0 Å². The number of nitrogens with zero attached hydrogens (tertiary/aromatic N) is 1. The Morgan fingerprint density at radius 2 is 1.92 bits per heavy atom. The maximum Gasteiger partial charge on any atom is 0.326 e. The molecule has 2 aromatic rings. The lowest BCUT2D eigenvalue weighted by Crippen LogP contribution is -2.51. The molecule has 4 N–H and O–H groups in total. The van der Waals surface area contributed by atoms with Crippen molar-refractivity contribution in [3.05, 3.63) is 36.0 Å². The van der Waals surface area contributed by atoms with Crippen LogP contribution in [0.4, 0.5) is 0 Å². The Kier molecular flexibility index (Phi) is 6.81. The quantitative estimate of drug-likeness (QED) is 0.736. The summed E-state index contributed by atoms with van der Waals surface area (Å²) >= 11 is 0. The van der Waals surface area contributed by atoms with Gasteiger partial charge in [-0.1, -0.05) is 32.0 Å². The maximum atomic E-state index is 12.2. The van der Waals surface area contributed by atoms with Crippen LogP contribution in [-0.2, 0) is 23.1 Å². The van der Waals surface area contributed by atoms with Crippen molar-refractivity contribution in [2.45, 2.75) is 32.4 Å². The van der Waals surface area contributed by atoms with Crippen molar-refractivity contribution < 1.29 is 14.7 Å². The van der Waals surface area contributed by atoms with E-state index in [0.29, 0.717) is 6.42 Å². The molecule has 1 aromatic heterocycles. The molecular formula is C17H24ClN3O3. The van der Waals surface area contributed by atoms with E-state index in [2.05, 4.69) is 5.32 Å². The Morgan fingerprint density at radius 1 is 1.29 bits per heavy atom. The second-order valence-corrected chi connectivity index (χ2v) is 6.16. The van der Waals surface area contributed by atoms with Crippen LogP contribution < -0.4 is 11.1 Å². The number of carboxylic acid groups (broad SMARTS) is 1. The molecule has 0 radical (unpaired) electrons. The number of rotatable bonds is 6. The fourth-order valence-electron chi connectivity index (χ4n) is 2.69. The second kappa shape index (κ2) is 8.17. The van der Waals surface area contributed by atoms with Gasteiger partial charge >= 0.3 is 5.97 Å². The minimum Gasteiger partial charge on any atom is -0.480 e. The number of fused-ring (bicyclic) bond motifs is 1. The Balaban J connectivity index is 0.00000288. The first-order chi connectivity index (χ1) is 10.8. The predicted molar refractivity (Wildman–Crippen MR) is 96.3 cm³/mol. The fraction of sp³-hybridized carbons (Fsp3) is 0.412. The number of benzene rings is 1. The molecule has 0 aliphatic rings. The van der Waals surface area contributed by atoms with Crippen molar-refractivity contribution in [2.24, 2.45) is 18.7 Å². The molecule has 0 spiro atoms. The van der Waals surface area contributed by atoms with Gasteiger partial charge in [0.15, 0.2) is 0 Å². The average molecular weight is 354 g/mol. The van der Waals surface area contributed by atoms with Crippen LogP contribution in [0.2, 0.25) is 0 Å². The summed E-state index contributed by atoms with van der Waals surface area (Å²) in [7, 11) is 1.94. The van der Waals surface area contributed by atoms with Gasteiger partial charge in [-0.25, -0.2) is 4.79 Å². The monoisotopic (exact) mass is 353 g/mol. The molecule has 0 aliphatic carbocycles. The van der Waals surface area contributed by atoms with E-state index >= 15 is 0 Å². The molecule has 0 bridgehead atoms. The van der Waals surface area contributed by atoms with Gasteiger partial charge in [0.05, 0.1) is 6.04 Å². The van der Waals surface area contributed by atoms with E-state index in [1.54, 1.807) is 13.8 Å². The minimum atomic E-state index is -1.05. The molecule has 24 heavy (non-hydrogen) atoms. The SMILES string of the molecule is CC(C)[C@@H](NC(=O)[C@H](N)Cc1cn(C)c2ccccc12)C(=O)O.Cl. The molecule has 6 nitrogen and oxygen atoms in total. The molecule has 0 aliphatic heterocycles. The molecule has 1 amide bonds. The summed E-state index contributed by atoms with van der Waals surface area (Å²) in [5, 5.41) is 12.7. The van der Waals surface area contributed by atoms with Gasteiger partial charge in [-0.15, -0.1) is 12.4 Å². The van der Waals surface area contributed by atoms with Gasteiger partial charge in [0.2, 0.25) is 5.91 Å². The van der Waals surface area contributed by atoms with E-state index in [1.165, 1.54) is 0 Å². The molecule has 0 unspecified atom stereocenters. The molecule has 7 heteroatoms. The predicted octanol–water partition coefficient (Wildman–Crippen LogP) is 1.70. The van der Waals surface area contributed by atoms with Crippen molar-refractivity contribution in [3.8, 4) is 0 Å². The summed E-state index contributed by atoms with van der Waals surface area (Å²) in [6, 6.07) is 6.17. The number of hydrogen-bond acceptors (Lipinski definition) is 3. The number of aromatic nitrogens is 1. The highest BCUT2D eigenvalue weighted by Crippen LogP contribution is 2.21. The first-order valence-electron chi connectivity index (χ1n) is 7.63. The molecule has 0 saturated carbocycles. The number of carbonyl (C=O) groups excluding carboxylic acids is 1. The standard InChI is InChI=1S/C17H23N3O3.ClH/c1-10(2)15(17(22)23)19-16(21)13(18)8-11-9-20(3)14-7-5-4-6-12(11)14;/h4-7,9-10,13,15H,8,18H2,1-3H3,(H,19,21)(H,22,23);1H/t13-,15-;/m1./s1. The highest BCUT2D eigenvalue weighted by molar-refractivity contribution is 5.89. The molecule has 2 rings (SSSR count). The van der Waals surface area contributed by atoms with Gasteiger partial charge in [0, 0.05) is 24.1 Å². The topological polar surface area (TPSA) is 97.4 Å². The number of hydrogen-bond donors (Lipinski definition) is 3. The highest BCUT2D eigenvalue weighted by Gasteiger charge is 2.26. The second-order valence-electron chi connectivity index (χ2n) is 6.16. The van der Waals surface area contributed by atoms with Gasteiger partial charge in [-0.3, -0.25) is 4.79 Å². The zero-order valence-corrected chi connectivity index (χ0v) is 14.8. The van der Waals surface area contributed by atoms with Crippen LogP contribution in [0.5, 0.6) is 0 Å². The number of para-hydroxylation sites is 1. The smallest absolute Gasteiger partial charge is 0.326 e. The third-order valence-electron chi connectivity index (χ3n) is 3.99. The zero-order chi connectivity index (χ0) is 17.1. The van der Waals surface area contributed by atoms with Crippen LogP contribution in [0.1, 0.15) is 19.4 Å². The Labute approximate surface area is 147 Å². The number of carbonyl (C=O) groups is 2. The highest BCUT2D eigenvalue weighted by atomic mass is 35.5. The summed E-state index contributed by atoms with van der Waals surface area (Å²) in [5.41, 5.74) is 8.03. The molecule has 0 fully saturated rings. The lowest BCUT2D eigenvalue weighted by atomic mass is 10.0. The van der Waals surface area contributed by atoms with Crippen molar-refractivity contribution in [3.63, 3.8) is 0 Å². The number of nitrogens with two attached hydrogens (primary N) is 1. The first-order valence-corrected chi connectivity index (χ1v) is 7.63. The van der Waals surface area contributed by atoms with Crippen LogP contribution in [0, 0.1) is 5.92 Å². The lowest BCUT2D eigenvalue weighted by molar-refractivity contribution is -0.143. The Morgan fingerprint density at radius 3 is 2.50 bits per heavy atom. The van der Waals surface area contributed by atoms with Gasteiger partial charge in [-0.05, 0) is 24.0 Å².